The zero-order valence-electron chi connectivity index (χ0n) is 22.5. The lowest BCUT2D eigenvalue weighted by Crippen LogP contribution is -2.39. The Morgan fingerprint density at radius 1 is 1.26 bits per heavy atom. The minimum absolute atomic E-state index is 0.116. The Labute approximate surface area is 233 Å². The number of ether oxygens (including phenoxy) is 3. The summed E-state index contributed by atoms with van der Waals surface area (Å²) < 4.78 is 46.9. The van der Waals surface area contributed by atoms with Crippen molar-refractivity contribution in [2.24, 2.45) is 23.7 Å². The molecule has 10 nitrogen and oxygen atoms in total. The van der Waals surface area contributed by atoms with Gasteiger partial charge < -0.3 is 24.8 Å². The number of fused-ring (bicyclic) bond motifs is 1. The Bertz CT molecular complexity index is 1290. The van der Waals surface area contributed by atoms with Crippen LogP contribution in [0, 0.1) is 23.7 Å². The Kier molecular flexibility index (Phi) is 7.75. The molecule has 4 fully saturated rings. The second kappa shape index (κ2) is 11.1. The number of carbonyl (C=O) groups excluding carboxylic acids is 1. The van der Waals surface area contributed by atoms with Crippen LogP contribution in [-0.2, 0) is 24.2 Å². The molecule has 5 unspecified atom stereocenters. The smallest absolute Gasteiger partial charge is 0.407 e. The maximum absolute atomic E-state index is 13.6. The summed E-state index contributed by atoms with van der Waals surface area (Å²) in [5, 5.41) is 7.07. The quantitative estimate of drug-likeness (QED) is 0.384. The van der Waals surface area contributed by atoms with E-state index in [9.17, 15) is 13.2 Å². The fraction of sp³-hybridized carbons (Fsp3) is 0.704. The Balaban J connectivity index is 1.03. The minimum atomic E-state index is -3.70. The summed E-state index contributed by atoms with van der Waals surface area (Å²) in [5.74, 6) is 1.15. The molecule has 1 amide bonds. The molecule has 1 aromatic heterocycles. The third kappa shape index (κ3) is 5.90. The first-order chi connectivity index (χ1) is 18.8. The van der Waals surface area contributed by atoms with Crippen molar-refractivity contribution in [3.8, 4) is 0 Å². The van der Waals surface area contributed by atoms with Crippen molar-refractivity contribution in [2.75, 3.05) is 38.2 Å². The molecule has 0 spiro atoms. The molecule has 2 aliphatic carbocycles. The van der Waals surface area contributed by atoms with Crippen molar-refractivity contribution in [3.63, 3.8) is 0 Å². The van der Waals surface area contributed by atoms with Gasteiger partial charge >= 0.3 is 6.09 Å². The van der Waals surface area contributed by atoms with Crippen LogP contribution in [0.3, 0.4) is 0 Å². The zero-order valence-corrected chi connectivity index (χ0v) is 24.1. The Morgan fingerprint density at radius 3 is 2.90 bits per heavy atom. The summed E-state index contributed by atoms with van der Waals surface area (Å²) in [6, 6.07) is 5.64. The molecule has 4 aliphatic rings. The van der Waals surface area contributed by atoms with Crippen LogP contribution >= 0.6 is 11.3 Å². The van der Waals surface area contributed by atoms with E-state index in [0.29, 0.717) is 57.1 Å². The number of nitrogens with zero attached hydrogens (tertiary/aromatic N) is 2. The Morgan fingerprint density at radius 2 is 2.10 bits per heavy atom. The topological polar surface area (TPSA) is 119 Å². The van der Waals surface area contributed by atoms with Crippen LogP contribution in [0.2, 0.25) is 0 Å². The van der Waals surface area contributed by atoms with Crippen molar-refractivity contribution in [1.29, 1.82) is 0 Å². The van der Waals surface area contributed by atoms with Crippen LogP contribution in [-0.4, -0.2) is 75.1 Å². The van der Waals surface area contributed by atoms with Gasteiger partial charge in [-0.05, 0) is 62.1 Å². The third-order valence-corrected chi connectivity index (χ3v) is 11.0. The summed E-state index contributed by atoms with van der Waals surface area (Å²) in [5.41, 5.74) is 0.801. The van der Waals surface area contributed by atoms with E-state index in [-0.39, 0.29) is 29.1 Å². The number of rotatable bonds is 11. The number of nitrogens with one attached hydrogen (secondary N) is 2. The van der Waals surface area contributed by atoms with Gasteiger partial charge in [0.2, 0.25) is 10.0 Å². The number of alkyl carbamates (subject to hydrolysis) is 1. The number of benzene rings is 1. The number of sulfonamides is 1. The normalized spacial score (nSPS) is 28.3. The monoisotopic (exact) mass is 578 g/mol. The molecular weight excluding hydrogens is 540 g/mol. The summed E-state index contributed by atoms with van der Waals surface area (Å²) in [6.45, 7) is 6.36. The number of carbonyl (C=O) groups is 1. The average molecular weight is 579 g/mol. The van der Waals surface area contributed by atoms with E-state index in [1.807, 2.05) is 13.8 Å². The maximum Gasteiger partial charge on any atom is 0.407 e. The van der Waals surface area contributed by atoms with Gasteiger partial charge in [0, 0.05) is 37.5 Å². The fourth-order valence-electron chi connectivity index (χ4n) is 6.17. The number of hydrogen-bond donors (Lipinski definition) is 2. The lowest BCUT2D eigenvalue weighted by Gasteiger charge is -2.32. The van der Waals surface area contributed by atoms with Gasteiger partial charge in [-0.1, -0.05) is 25.2 Å². The SMILES string of the molecule is CC(C)CN(CCCNC(=O)OC1CC2COC3OCCC1C23)S(=O)(=O)c1ccc2nc(NC3CC3)sc2c1. The first-order valence-corrected chi connectivity index (χ1v) is 16.4. The van der Waals surface area contributed by atoms with E-state index in [2.05, 4.69) is 15.6 Å². The molecule has 2 N–H and O–H groups in total. The number of hydrogen-bond acceptors (Lipinski definition) is 9. The van der Waals surface area contributed by atoms with Crippen molar-refractivity contribution < 1.29 is 27.4 Å². The van der Waals surface area contributed by atoms with E-state index in [1.165, 1.54) is 15.6 Å². The van der Waals surface area contributed by atoms with E-state index < -0.39 is 16.1 Å². The van der Waals surface area contributed by atoms with Crippen LogP contribution in [0.4, 0.5) is 9.93 Å². The molecule has 12 heteroatoms. The largest absolute Gasteiger partial charge is 0.446 e. The molecule has 6 rings (SSSR count). The predicted octanol–water partition coefficient (Wildman–Crippen LogP) is 4.03. The van der Waals surface area contributed by atoms with Crippen molar-refractivity contribution in [1.82, 2.24) is 14.6 Å². The minimum Gasteiger partial charge on any atom is -0.446 e. The highest BCUT2D eigenvalue weighted by Gasteiger charge is 2.54. The molecular formula is C27H38N4O6S2. The fourth-order valence-corrected chi connectivity index (χ4v) is 8.90. The van der Waals surface area contributed by atoms with E-state index in [0.717, 1.165) is 41.0 Å². The number of anilines is 1. The summed E-state index contributed by atoms with van der Waals surface area (Å²) in [4.78, 5) is 17.4. The van der Waals surface area contributed by atoms with Crippen LogP contribution in [0.5, 0.6) is 0 Å². The Hall–Kier alpha value is -1.99. The molecule has 39 heavy (non-hydrogen) atoms. The molecule has 2 aliphatic heterocycles. The summed E-state index contributed by atoms with van der Waals surface area (Å²) >= 11 is 1.49. The van der Waals surface area contributed by atoms with E-state index >= 15 is 0 Å². The highest BCUT2D eigenvalue weighted by Crippen LogP contribution is 2.50. The molecule has 3 heterocycles. The van der Waals surface area contributed by atoms with Crippen molar-refractivity contribution in [3.05, 3.63) is 18.2 Å². The molecule has 2 saturated heterocycles. The van der Waals surface area contributed by atoms with Crippen molar-refractivity contribution in [2.45, 2.75) is 69.3 Å². The second-order valence-corrected chi connectivity index (χ2v) is 14.6. The first-order valence-electron chi connectivity index (χ1n) is 14.1. The first kappa shape index (κ1) is 27.2. The summed E-state index contributed by atoms with van der Waals surface area (Å²) in [6.07, 6.45) is 3.78. The van der Waals surface area contributed by atoms with E-state index in [4.69, 9.17) is 14.2 Å². The number of amides is 1. The van der Waals surface area contributed by atoms with E-state index in [1.54, 1.807) is 18.2 Å². The van der Waals surface area contributed by atoms with Gasteiger partial charge in [0.15, 0.2) is 11.4 Å². The van der Waals surface area contributed by atoms with Crippen LogP contribution < -0.4 is 10.6 Å². The van der Waals surface area contributed by atoms with Gasteiger partial charge in [0.1, 0.15) is 6.10 Å². The van der Waals surface area contributed by atoms with Crippen LogP contribution in [0.15, 0.2) is 23.1 Å². The lowest BCUT2D eigenvalue weighted by atomic mass is 9.87. The standard InChI is InChI=1S/C27H38N4O6S2/c1-16(2)14-31(39(33,34)19-6-7-21-23(13-19)38-26(30-21)29-18-4-5-18)10-3-9-28-27(32)37-22-12-17-15-36-25-24(17)20(22)8-11-35-25/h6-7,13,16-18,20,22,24-25H,3-5,8-12,14-15H2,1-2H3,(H,28,32)(H,29,30). The van der Waals surface area contributed by atoms with Crippen molar-refractivity contribution >= 4 is 42.8 Å². The molecule has 2 saturated carbocycles. The van der Waals surface area contributed by atoms with Gasteiger partial charge in [-0.3, -0.25) is 0 Å². The van der Waals surface area contributed by atoms with Crippen LogP contribution in [0.25, 0.3) is 10.2 Å². The number of aromatic nitrogens is 1. The summed E-state index contributed by atoms with van der Waals surface area (Å²) in [7, 11) is -3.70. The second-order valence-electron chi connectivity index (χ2n) is 11.6. The molecule has 5 atom stereocenters. The average Bonchev–Trinajstić information content (AvgIpc) is 3.31. The zero-order chi connectivity index (χ0) is 27.1. The highest BCUT2D eigenvalue weighted by molar-refractivity contribution is 7.89. The lowest BCUT2D eigenvalue weighted by molar-refractivity contribution is -0.173. The van der Waals surface area contributed by atoms with Crippen LogP contribution in [0.1, 0.15) is 46.0 Å². The van der Waals surface area contributed by atoms with Gasteiger partial charge in [0.05, 0.1) is 28.3 Å². The molecule has 2 aromatic rings. The molecule has 214 valence electrons. The maximum atomic E-state index is 13.6. The van der Waals surface area contributed by atoms with Gasteiger partial charge in [-0.2, -0.15) is 4.31 Å². The molecule has 1 aromatic carbocycles. The molecule has 0 radical (unpaired) electrons. The predicted molar refractivity (Wildman–Crippen MR) is 148 cm³/mol. The highest BCUT2D eigenvalue weighted by atomic mass is 32.2. The van der Waals surface area contributed by atoms with Gasteiger partial charge in [0.25, 0.3) is 0 Å². The van der Waals surface area contributed by atoms with Gasteiger partial charge in [-0.25, -0.2) is 18.2 Å². The third-order valence-electron chi connectivity index (χ3n) is 8.16. The van der Waals surface area contributed by atoms with Gasteiger partial charge in [-0.15, -0.1) is 0 Å². The molecule has 0 bridgehead atoms. The number of thiazole rings is 1.